The molecule has 0 aliphatic rings. The van der Waals surface area contributed by atoms with E-state index >= 15 is 0 Å². The van der Waals surface area contributed by atoms with Crippen molar-refractivity contribution in [3.8, 4) is 0 Å². The van der Waals surface area contributed by atoms with Crippen LogP contribution >= 0.6 is 9.90 Å². The molecule has 1 unspecified atom stereocenters. The second kappa shape index (κ2) is 16.7. The van der Waals surface area contributed by atoms with Crippen LogP contribution in [0.25, 0.3) is 0 Å². The van der Waals surface area contributed by atoms with Crippen LogP contribution in [0.1, 0.15) is 0 Å². The number of carboxylic acid groups (broad SMARTS) is 6. The maximum absolute atomic E-state index is 8.56. The van der Waals surface area contributed by atoms with Gasteiger partial charge in [-0.2, -0.15) is 9.90 Å². The van der Waals surface area contributed by atoms with E-state index < -0.39 is 18.5 Å². The van der Waals surface area contributed by atoms with Gasteiger partial charge in [-0.05, 0) is 0 Å². The third kappa shape index (κ3) is 224. The summed E-state index contributed by atoms with van der Waals surface area (Å²) in [5.41, 5.74) is 0. The van der Waals surface area contributed by atoms with Crippen molar-refractivity contribution >= 4 is 28.4 Å². The number of carbonyl (C=O) groups is 3. The Hall–Kier alpha value is -1.76. The Balaban J connectivity index is -0.0000000450. The fraction of sp³-hybridized carbons (Fsp3) is 0. The van der Waals surface area contributed by atoms with Gasteiger partial charge in [-0.1, -0.05) is 0 Å². The zero-order chi connectivity index (χ0) is 10.7. The minimum atomic E-state index is -1.83. The van der Waals surface area contributed by atoms with E-state index in [2.05, 4.69) is 0 Å². The van der Waals surface area contributed by atoms with Crippen LogP contribution in [0.3, 0.4) is 0 Å². The first kappa shape index (κ1) is 22.5. The van der Waals surface area contributed by atoms with Gasteiger partial charge in [0, 0.05) is 0 Å². The second-order valence-corrected chi connectivity index (χ2v) is 0.848. The molecule has 0 spiro atoms. The van der Waals surface area contributed by atoms with E-state index in [4.69, 9.17) is 45.0 Å². The monoisotopic (exact) mass is 220 g/mol. The molecule has 0 fully saturated rings. The van der Waals surface area contributed by atoms with Crippen LogP contribution in [0, 0.1) is 0 Å². The summed E-state index contributed by atoms with van der Waals surface area (Å²) >= 11 is 0. The summed E-state index contributed by atoms with van der Waals surface area (Å²) in [5, 5.41) is 41.8. The van der Waals surface area contributed by atoms with Gasteiger partial charge in [-0.3, -0.25) is 0 Å². The Morgan fingerprint density at radius 3 is 0.538 bits per heavy atom. The van der Waals surface area contributed by atoms with E-state index in [0.29, 0.717) is 0 Å². The zero-order valence-corrected chi connectivity index (χ0v) is 7.53. The molecule has 0 saturated heterocycles. The minimum absolute atomic E-state index is 0. The van der Waals surface area contributed by atoms with Gasteiger partial charge in [0.05, 0.1) is 0 Å². The molecule has 13 heavy (non-hydrogen) atoms. The Kier molecular flexibility index (Phi) is 28.8. The zero-order valence-electron chi connectivity index (χ0n) is 6.12. The van der Waals surface area contributed by atoms with E-state index in [1.54, 1.807) is 0 Å². The summed E-state index contributed by atoms with van der Waals surface area (Å²) in [6, 6.07) is 0. The second-order valence-electron chi connectivity index (χ2n) is 0.848. The number of rotatable bonds is 0. The third-order valence-corrected chi connectivity index (χ3v) is 0. The van der Waals surface area contributed by atoms with Crippen molar-refractivity contribution in [2.75, 3.05) is 0 Å². The molecule has 0 amide bonds. The third-order valence-electron chi connectivity index (χ3n) is 0. The highest BCUT2D eigenvalue weighted by Crippen LogP contribution is 1.43. The molecule has 0 radical (unpaired) electrons. The van der Waals surface area contributed by atoms with E-state index in [1.165, 1.54) is 0 Å². The number of hydrogen-bond acceptors (Lipinski definition) is 3. The van der Waals surface area contributed by atoms with Crippen LogP contribution in [-0.2, 0) is 0 Å². The molecule has 0 aliphatic carbocycles. The summed E-state index contributed by atoms with van der Waals surface area (Å²) in [5.74, 6) is 0. The fourth-order valence-electron chi connectivity index (χ4n) is 0. The molecule has 6 N–H and O–H groups in total. The van der Waals surface area contributed by atoms with Crippen molar-refractivity contribution in [3.63, 3.8) is 0 Å². The summed E-state index contributed by atoms with van der Waals surface area (Å²) < 4.78 is 0. The van der Waals surface area contributed by atoms with Crippen LogP contribution in [0.4, 0.5) is 14.4 Å². The summed E-state index contributed by atoms with van der Waals surface area (Å²) in [7, 11) is 0. The van der Waals surface area contributed by atoms with Gasteiger partial charge in [0.1, 0.15) is 0 Å². The van der Waals surface area contributed by atoms with Gasteiger partial charge in [0.15, 0.2) is 0 Å². The van der Waals surface area contributed by atoms with Gasteiger partial charge in [-0.25, -0.2) is 14.4 Å². The molecular formula is C3H9O9P. The van der Waals surface area contributed by atoms with Crippen LogP contribution < -0.4 is 0 Å². The molecule has 0 aromatic rings. The SMILES string of the molecule is O=C(O)O.O=C(O)O.O=C(O)O.P. The van der Waals surface area contributed by atoms with E-state index in [1.807, 2.05) is 0 Å². The predicted octanol–water partition coefficient (Wildman–Crippen LogP) is 0.725. The maximum atomic E-state index is 8.56. The highest BCUT2D eigenvalue weighted by Gasteiger charge is 1.70. The molecule has 0 saturated carbocycles. The quantitative estimate of drug-likeness (QED) is 0.321. The van der Waals surface area contributed by atoms with Crippen molar-refractivity contribution in [1.82, 2.24) is 0 Å². The molecule has 9 nitrogen and oxygen atoms in total. The average molecular weight is 220 g/mol. The molecule has 0 bridgehead atoms. The van der Waals surface area contributed by atoms with Crippen LogP contribution in [-0.4, -0.2) is 49.1 Å². The maximum Gasteiger partial charge on any atom is 0.503 e. The predicted molar refractivity (Wildman–Crippen MR) is 43.1 cm³/mol. The summed E-state index contributed by atoms with van der Waals surface area (Å²) in [6.07, 6.45) is -5.50. The first-order chi connectivity index (χ1) is 5.20. The largest absolute Gasteiger partial charge is 0.503 e. The Labute approximate surface area is 74.5 Å². The summed E-state index contributed by atoms with van der Waals surface area (Å²) in [6.45, 7) is 0. The molecule has 0 rings (SSSR count). The smallest absolute Gasteiger partial charge is 0.450 e. The highest BCUT2D eigenvalue weighted by atomic mass is 31.0. The highest BCUT2D eigenvalue weighted by molar-refractivity contribution is 6.92. The Morgan fingerprint density at radius 1 is 0.538 bits per heavy atom. The molecule has 10 heteroatoms. The van der Waals surface area contributed by atoms with Crippen LogP contribution in [0.2, 0.25) is 0 Å². The molecule has 0 aliphatic heterocycles. The van der Waals surface area contributed by atoms with Crippen molar-refractivity contribution in [2.24, 2.45) is 0 Å². The van der Waals surface area contributed by atoms with Gasteiger partial charge in [0.2, 0.25) is 0 Å². The first-order valence-electron chi connectivity index (χ1n) is 1.95. The van der Waals surface area contributed by atoms with Crippen molar-refractivity contribution in [3.05, 3.63) is 0 Å². The normalized spacial score (nSPS) is 5.54. The van der Waals surface area contributed by atoms with Crippen molar-refractivity contribution in [2.45, 2.75) is 0 Å². The molecule has 0 aromatic heterocycles. The Bertz CT molecular complexity index is 112. The first-order valence-corrected chi connectivity index (χ1v) is 1.95. The molecular weight excluding hydrogens is 211 g/mol. The Morgan fingerprint density at radius 2 is 0.538 bits per heavy atom. The summed E-state index contributed by atoms with van der Waals surface area (Å²) in [4.78, 5) is 25.7. The van der Waals surface area contributed by atoms with Gasteiger partial charge < -0.3 is 30.6 Å². The minimum Gasteiger partial charge on any atom is -0.450 e. The van der Waals surface area contributed by atoms with Gasteiger partial charge >= 0.3 is 18.5 Å². The van der Waals surface area contributed by atoms with Crippen molar-refractivity contribution in [1.29, 1.82) is 0 Å². The lowest BCUT2D eigenvalue weighted by Gasteiger charge is -1.60. The van der Waals surface area contributed by atoms with E-state index in [9.17, 15) is 0 Å². The molecule has 80 valence electrons. The van der Waals surface area contributed by atoms with E-state index in [-0.39, 0.29) is 9.90 Å². The topological polar surface area (TPSA) is 173 Å². The van der Waals surface area contributed by atoms with Gasteiger partial charge in [-0.15, -0.1) is 0 Å². The number of hydrogen-bond donors (Lipinski definition) is 6. The van der Waals surface area contributed by atoms with Gasteiger partial charge in [0.25, 0.3) is 0 Å². The molecule has 0 aromatic carbocycles. The van der Waals surface area contributed by atoms with Crippen molar-refractivity contribution < 1.29 is 45.0 Å². The van der Waals surface area contributed by atoms with E-state index in [0.717, 1.165) is 0 Å². The fourth-order valence-corrected chi connectivity index (χ4v) is 0. The standard InChI is InChI=1S/3CH2O3.H3P/c3*2-1(3)4;/h3*(H2,2,3,4);1H3. The lowest BCUT2D eigenvalue weighted by Crippen LogP contribution is -1.81. The van der Waals surface area contributed by atoms with Crippen LogP contribution in [0.15, 0.2) is 0 Å². The van der Waals surface area contributed by atoms with Crippen LogP contribution in [0.5, 0.6) is 0 Å². The lowest BCUT2D eigenvalue weighted by atomic mass is 11.5. The molecule has 1 atom stereocenters. The average Bonchev–Trinajstić information content (AvgIpc) is 1.54. The lowest BCUT2D eigenvalue weighted by molar-refractivity contribution is 0.135. The molecule has 0 heterocycles.